The lowest BCUT2D eigenvalue weighted by molar-refractivity contribution is 0.561. The first-order valence-corrected chi connectivity index (χ1v) is 3.91. The highest BCUT2D eigenvalue weighted by atomic mass is 19.1. The molecule has 0 amide bonds. The number of halogens is 1. The molecule has 0 bridgehead atoms. The lowest BCUT2D eigenvalue weighted by Crippen LogP contribution is -1.93. The lowest BCUT2D eigenvalue weighted by Gasteiger charge is -2.03. The molecule has 0 aliphatic carbocycles. The molecule has 0 aliphatic heterocycles. The van der Waals surface area contributed by atoms with Crippen molar-refractivity contribution in [3.63, 3.8) is 0 Å². The van der Waals surface area contributed by atoms with Gasteiger partial charge in [0.25, 0.3) is 0 Å². The monoisotopic (exact) mass is 190 g/mol. The maximum Gasteiger partial charge on any atom is 0.236 e. The van der Waals surface area contributed by atoms with E-state index >= 15 is 0 Å². The highest BCUT2D eigenvalue weighted by Gasteiger charge is 2.09. The van der Waals surface area contributed by atoms with Crippen molar-refractivity contribution < 1.29 is 9.18 Å². The molecular formula is C10H7FN2O. The number of hydrogen-bond acceptors (Lipinski definition) is 3. The van der Waals surface area contributed by atoms with Crippen molar-refractivity contribution in [3.05, 3.63) is 35.1 Å². The first-order valence-electron chi connectivity index (χ1n) is 3.91. The minimum absolute atomic E-state index is 0.347. The van der Waals surface area contributed by atoms with E-state index in [0.717, 1.165) is 0 Å². The van der Waals surface area contributed by atoms with Gasteiger partial charge >= 0.3 is 0 Å². The summed E-state index contributed by atoms with van der Waals surface area (Å²) in [5.41, 5.74) is 0.915. The van der Waals surface area contributed by atoms with Crippen LogP contribution in [0.15, 0.2) is 23.2 Å². The van der Waals surface area contributed by atoms with Crippen molar-refractivity contribution >= 4 is 6.08 Å². The second-order valence-electron chi connectivity index (χ2n) is 2.76. The highest BCUT2D eigenvalue weighted by molar-refractivity contribution is 5.38. The minimum atomic E-state index is -0.896. The SMILES string of the molecule is Cc1cc(C(C#N)N=C=O)ccc1F. The molecule has 70 valence electrons. The lowest BCUT2D eigenvalue weighted by atomic mass is 10.1. The predicted molar refractivity (Wildman–Crippen MR) is 47.6 cm³/mol. The van der Waals surface area contributed by atoms with Crippen LogP contribution in [0, 0.1) is 24.1 Å². The number of isocyanates is 1. The van der Waals surface area contributed by atoms with Crippen molar-refractivity contribution in [2.24, 2.45) is 4.99 Å². The van der Waals surface area contributed by atoms with Crippen molar-refractivity contribution in [1.29, 1.82) is 5.26 Å². The summed E-state index contributed by atoms with van der Waals surface area (Å²) in [7, 11) is 0. The van der Waals surface area contributed by atoms with E-state index in [1.54, 1.807) is 6.92 Å². The Morgan fingerprint density at radius 1 is 1.57 bits per heavy atom. The quantitative estimate of drug-likeness (QED) is 0.529. The Kier molecular flexibility index (Phi) is 3.11. The zero-order valence-corrected chi connectivity index (χ0v) is 7.49. The van der Waals surface area contributed by atoms with Crippen LogP contribution in [0.3, 0.4) is 0 Å². The Morgan fingerprint density at radius 3 is 2.79 bits per heavy atom. The predicted octanol–water partition coefficient (Wildman–Crippen LogP) is 2.03. The van der Waals surface area contributed by atoms with Crippen molar-refractivity contribution in [2.45, 2.75) is 13.0 Å². The molecule has 1 atom stereocenters. The second kappa shape index (κ2) is 4.31. The van der Waals surface area contributed by atoms with E-state index in [1.807, 2.05) is 6.07 Å². The summed E-state index contributed by atoms with van der Waals surface area (Å²) in [5, 5.41) is 8.65. The van der Waals surface area contributed by atoms with Gasteiger partial charge in [0.1, 0.15) is 5.82 Å². The number of nitrogens with zero attached hydrogens (tertiary/aromatic N) is 2. The number of aliphatic imine (C=N–C) groups is 1. The molecular weight excluding hydrogens is 183 g/mol. The fourth-order valence-electron chi connectivity index (χ4n) is 1.07. The standard InChI is InChI=1S/C10H7FN2O/c1-7-4-8(2-3-9(7)11)10(5-12)13-6-14/h2-4,10H,1H3. The number of nitriles is 1. The number of carbonyl (C=O) groups excluding carboxylic acids is 1. The zero-order chi connectivity index (χ0) is 10.6. The normalized spacial score (nSPS) is 11.2. The molecule has 4 heteroatoms. The van der Waals surface area contributed by atoms with Gasteiger partial charge in [0.15, 0.2) is 6.04 Å². The Morgan fingerprint density at radius 2 is 2.29 bits per heavy atom. The van der Waals surface area contributed by atoms with Crippen molar-refractivity contribution in [2.75, 3.05) is 0 Å². The molecule has 14 heavy (non-hydrogen) atoms. The fourth-order valence-corrected chi connectivity index (χ4v) is 1.07. The molecule has 0 aliphatic rings. The maximum atomic E-state index is 12.9. The van der Waals surface area contributed by atoms with Gasteiger partial charge in [0.05, 0.1) is 6.07 Å². The van der Waals surface area contributed by atoms with E-state index in [0.29, 0.717) is 11.1 Å². The summed E-state index contributed by atoms with van der Waals surface area (Å²) in [6, 6.07) is 5.08. The van der Waals surface area contributed by atoms with Crippen LogP contribution in [0.5, 0.6) is 0 Å². The van der Waals surface area contributed by atoms with Crippen LogP contribution in [0.2, 0.25) is 0 Å². The molecule has 0 aromatic heterocycles. The van der Waals surface area contributed by atoms with Gasteiger partial charge < -0.3 is 0 Å². The summed E-state index contributed by atoms with van der Waals surface area (Å²) < 4.78 is 12.9. The Labute approximate surface area is 80.5 Å². The minimum Gasteiger partial charge on any atom is -0.211 e. The maximum absolute atomic E-state index is 12.9. The molecule has 1 unspecified atom stereocenters. The third kappa shape index (κ3) is 2.03. The molecule has 0 spiro atoms. The molecule has 0 saturated carbocycles. The largest absolute Gasteiger partial charge is 0.236 e. The van der Waals surface area contributed by atoms with E-state index in [1.165, 1.54) is 24.3 Å². The summed E-state index contributed by atoms with van der Waals surface area (Å²) >= 11 is 0. The van der Waals surface area contributed by atoms with Gasteiger partial charge in [-0.3, -0.25) is 0 Å². The van der Waals surface area contributed by atoms with Crippen LogP contribution < -0.4 is 0 Å². The van der Waals surface area contributed by atoms with Gasteiger partial charge in [0, 0.05) is 0 Å². The topological polar surface area (TPSA) is 53.2 Å². The van der Waals surface area contributed by atoms with E-state index < -0.39 is 6.04 Å². The van der Waals surface area contributed by atoms with Crippen molar-refractivity contribution in [1.82, 2.24) is 0 Å². The first-order chi connectivity index (χ1) is 6.69. The van der Waals surface area contributed by atoms with E-state index in [2.05, 4.69) is 4.99 Å². The molecule has 1 aromatic rings. The molecule has 1 rings (SSSR count). The molecule has 1 aromatic carbocycles. The van der Waals surface area contributed by atoms with E-state index in [4.69, 9.17) is 5.26 Å². The number of benzene rings is 1. The highest BCUT2D eigenvalue weighted by Crippen LogP contribution is 2.18. The van der Waals surface area contributed by atoms with Gasteiger partial charge in [-0.25, -0.2) is 9.18 Å². The smallest absolute Gasteiger partial charge is 0.211 e. The van der Waals surface area contributed by atoms with Gasteiger partial charge in [-0.05, 0) is 30.2 Å². The molecule has 0 N–H and O–H groups in total. The van der Waals surface area contributed by atoms with Gasteiger partial charge in [-0.2, -0.15) is 10.3 Å². The van der Waals surface area contributed by atoms with Crippen LogP contribution in [-0.2, 0) is 4.79 Å². The van der Waals surface area contributed by atoms with Crippen LogP contribution in [0.25, 0.3) is 0 Å². The van der Waals surface area contributed by atoms with Crippen LogP contribution >= 0.6 is 0 Å². The van der Waals surface area contributed by atoms with Crippen LogP contribution in [0.4, 0.5) is 4.39 Å². The van der Waals surface area contributed by atoms with Crippen LogP contribution in [-0.4, -0.2) is 6.08 Å². The van der Waals surface area contributed by atoms with E-state index in [9.17, 15) is 9.18 Å². The molecule has 0 radical (unpaired) electrons. The summed E-state index contributed by atoms with van der Waals surface area (Å²) in [6.45, 7) is 1.58. The summed E-state index contributed by atoms with van der Waals surface area (Å²) in [6.07, 6.45) is 1.31. The van der Waals surface area contributed by atoms with Crippen LogP contribution in [0.1, 0.15) is 17.2 Å². The number of aryl methyl sites for hydroxylation is 1. The van der Waals surface area contributed by atoms with Gasteiger partial charge in [0.2, 0.25) is 6.08 Å². The molecule has 0 heterocycles. The molecule has 3 nitrogen and oxygen atoms in total. The average molecular weight is 190 g/mol. The zero-order valence-electron chi connectivity index (χ0n) is 7.49. The third-order valence-corrected chi connectivity index (χ3v) is 1.80. The number of hydrogen-bond donors (Lipinski definition) is 0. The van der Waals surface area contributed by atoms with E-state index in [-0.39, 0.29) is 5.82 Å². The summed E-state index contributed by atoms with van der Waals surface area (Å²) in [4.78, 5) is 13.3. The Hall–Kier alpha value is -1.98. The summed E-state index contributed by atoms with van der Waals surface area (Å²) in [5.74, 6) is -0.347. The number of rotatable bonds is 2. The van der Waals surface area contributed by atoms with Gasteiger partial charge in [-0.15, -0.1) is 0 Å². The fraction of sp³-hybridized carbons (Fsp3) is 0.200. The third-order valence-electron chi connectivity index (χ3n) is 1.80. The second-order valence-corrected chi connectivity index (χ2v) is 2.76. The Balaban J connectivity index is 3.13. The first kappa shape index (κ1) is 10.1. The van der Waals surface area contributed by atoms with Gasteiger partial charge in [-0.1, -0.05) is 6.07 Å². The van der Waals surface area contributed by atoms with Crippen molar-refractivity contribution in [3.8, 4) is 6.07 Å². The average Bonchev–Trinajstić information content (AvgIpc) is 2.19. The molecule has 0 saturated heterocycles. The Bertz CT molecular complexity index is 430. The molecule has 0 fully saturated rings.